The predicted molar refractivity (Wildman–Crippen MR) is 106 cm³/mol. The molecule has 10 heteroatoms. The van der Waals surface area contributed by atoms with Crippen molar-refractivity contribution in [1.82, 2.24) is 9.88 Å². The molecule has 8 nitrogen and oxygen atoms in total. The van der Waals surface area contributed by atoms with Gasteiger partial charge in [0.2, 0.25) is 11.8 Å². The zero-order valence-corrected chi connectivity index (χ0v) is 16.1. The lowest BCUT2D eigenvalue weighted by atomic mass is 10.2. The van der Waals surface area contributed by atoms with E-state index in [1.807, 2.05) is 0 Å². The Morgan fingerprint density at radius 3 is 2.42 bits per heavy atom. The maximum absolute atomic E-state index is 14.1. The molecule has 2 amide bonds. The Bertz CT molecular complexity index is 1130. The van der Waals surface area contributed by atoms with Gasteiger partial charge in [0, 0.05) is 17.8 Å². The zero-order chi connectivity index (χ0) is 22.1. The number of hydrogen-bond donors (Lipinski definition) is 3. The fraction of sp³-hybridized carbons (Fsp3) is 0.190. The molecular weight excluding hydrogens is 410 g/mol. The molecule has 3 aromatic rings. The number of aliphatic hydroxyl groups excluding tert-OH is 1. The third-order valence-electron chi connectivity index (χ3n) is 4.91. The number of halogens is 2. The lowest BCUT2D eigenvalue weighted by Crippen LogP contribution is -2.35. The average molecular weight is 428 g/mol. The van der Waals surface area contributed by atoms with Gasteiger partial charge in [-0.3, -0.25) is 9.59 Å². The summed E-state index contributed by atoms with van der Waals surface area (Å²) >= 11 is 0. The molecule has 1 saturated heterocycles. The highest BCUT2D eigenvalue weighted by Crippen LogP contribution is 2.31. The van der Waals surface area contributed by atoms with Crippen LogP contribution in [0.4, 0.5) is 20.4 Å². The van der Waals surface area contributed by atoms with Gasteiger partial charge < -0.3 is 25.5 Å². The number of nitrogens with two attached hydrogens (primary N) is 1. The van der Waals surface area contributed by atoms with Gasteiger partial charge in [-0.25, -0.2) is 13.8 Å². The van der Waals surface area contributed by atoms with E-state index >= 15 is 0 Å². The molecule has 1 unspecified atom stereocenters. The van der Waals surface area contributed by atoms with E-state index < -0.39 is 35.2 Å². The number of amides is 2. The highest BCUT2D eigenvalue weighted by atomic mass is 19.1. The Labute approximate surface area is 175 Å². The molecule has 1 aliphatic rings. The third kappa shape index (κ3) is 3.97. The van der Waals surface area contributed by atoms with Gasteiger partial charge >= 0.3 is 0 Å². The first-order chi connectivity index (χ1) is 14.8. The van der Waals surface area contributed by atoms with Gasteiger partial charge in [0.15, 0.2) is 5.69 Å². The molecule has 4 rings (SSSR count). The van der Waals surface area contributed by atoms with Crippen molar-refractivity contribution >= 4 is 23.4 Å². The summed E-state index contributed by atoms with van der Waals surface area (Å²) in [5.41, 5.74) is 5.24. The monoisotopic (exact) mass is 428 g/mol. The fourth-order valence-corrected chi connectivity index (χ4v) is 3.36. The summed E-state index contributed by atoms with van der Waals surface area (Å²) in [4.78, 5) is 29.4. The molecule has 1 atom stereocenters. The molecule has 1 aliphatic heterocycles. The largest absolute Gasteiger partial charge is 0.419 e. The summed E-state index contributed by atoms with van der Waals surface area (Å²) in [7, 11) is 0. The van der Waals surface area contributed by atoms with Crippen LogP contribution in [-0.2, 0) is 0 Å². The molecule has 160 valence electrons. The van der Waals surface area contributed by atoms with Crippen LogP contribution in [0.1, 0.15) is 33.7 Å². The average Bonchev–Trinajstić information content (AvgIpc) is 3.34. The molecule has 0 bridgehead atoms. The third-order valence-corrected chi connectivity index (χ3v) is 4.91. The number of nitrogens with one attached hydrogen (secondary N) is 1. The van der Waals surface area contributed by atoms with Crippen molar-refractivity contribution in [2.45, 2.75) is 19.1 Å². The fourth-order valence-electron chi connectivity index (χ4n) is 3.36. The van der Waals surface area contributed by atoms with E-state index in [4.69, 9.17) is 10.2 Å². The number of carbonyl (C=O) groups is 2. The van der Waals surface area contributed by atoms with Crippen LogP contribution in [0.15, 0.2) is 46.9 Å². The molecule has 1 fully saturated rings. The van der Waals surface area contributed by atoms with Crippen LogP contribution in [0.3, 0.4) is 0 Å². The molecule has 0 aliphatic carbocycles. The molecule has 31 heavy (non-hydrogen) atoms. The van der Waals surface area contributed by atoms with E-state index in [1.54, 1.807) is 12.1 Å². The predicted octanol–water partition coefficient (Wildman–Crippen LogP) is 3.02. The number of primary amides is 1. The minimum absolute atomic E-state index is 0.195. The normalized spacial score (nSPS) is 15.8. The topological polar surface area (TPSA) is 122 Å². The maximum Gasteiger partial charge on any atom is 0.273 e. The van der Waals surface area contributed by atoms with Crippen LogP contribution in [0.2, 0.25) is 0 Å². The second-order valence-corrected chi connectivity index (χ2v) is 6.98. The lowest BCUT2D eigenvalue weighted by molar-refractivity contribution is 0.0293. The summed E-state index contributed by atoms with van der Waals surface area (Å²) in [5.74, 6) is -3.71. The lowest BCUT2D eigenvalue weighted by Gasteiger charge is -2.20. The molecule has 4 N–H and O–H groups in total. The summed E-state index contributed by atoms with van der Waals surface area (Å²) in [5, 5.41) is 12.6. The van der Waals surface area contributed by atoms with Crippen molar-refractivity contribution < 1.29 is 27.9 Å². The van der Waals surface area contributed by atoms with Crippen molar-refractivity contribution in [2.24, 2.45) is 5.73 Å². The first kappa shape index (κ1) is 20.5. The number of likely N-dealkylation sites (tertiary alicyclic amines) is 1. The maximum atomic E-state index is 14.1. The van der Waals surface area contributed by atoms with Crippen LogP contribution < -0.4 is 11.1 Å². The van der Waals surface area contributed by atoms with E-state index in [1.165, 1.54) is 23.1 Å². The number of aliphatic hydroxyl groups is 1. The Balaban J connectivity index is 1.60. The summed E-state index contributed by atoms with van der Waals surface area (Å²) in [6.45, 7) is 0.482. The van der Waals surface area contributed by atoms with Crippen molar-refractivity contribution in [3.05, 3.63) is 65.4 Å². The van der Waals surface area contributed by atoms with Crippen molar-refractivity contribution in [2.75, 3.05) is 11.9 Å². The first-order valence-electron chi connectivity index (χ1n) is 9.46. The minimum Gasteiger partial charge on any atom is -0.419 e. The summed E-state index contributed by atoms with van der Waals surface area (Å²) < 4.78 is 33.5. The van der Waals surface area contributed by atoms with Gasteiger partial charge in [-0.2, -0.15) is 0 Å². The second kappa shape index (κ2) is 8.15. The van der Waals surface area contributed by atoms with Crippen molar-refractivity contribution in [1.29, 1.82) is 0 Å². The molecule has 0 radical (unpaired) electrons. The van der Waals surface area contributed by atoms with Crippen molar-refractivity contribution in [3.8, 4) is 11.5 Å². The number of aromatic nitrogens is 1. The van der Waals surface area contributed by atoms with Gasteiger partial charge in [-0.15, -0.1) is 0 Å². The number of oxazole rings is 1. The van der Waals surface area contributed by atoms with Gasteiger partial charge in [0.05, 0.1) is 0 Å². The van der Waals surface area contributed by atoms with E-state index in [0.717, 1.165) is 18.6 Å². The van der Waals surface area contributed by atoms with Crippen LogP contribution in [0.25, 0.3) is 11.5 Å². The zero-order valence-electron chi connectivity index (χ0n) is 16.1. The number of benzene rings is 2. The molecule has 2 aromatic carbocycles. The van der Waals surface area contributed by atoms with Crippen LogP contribution >= 0.6 is 0 Å². The smallest absolute Gasteiger partial charge is 0.273 e. The minimum atomic E-state index is -0.955. The summed E-state index contributed by atoms with van der Waals surface area (Å²) in [6, 6.07) is 9.42. The second-order valence-electron chi connectivity index (χ2n) is 6.98. The Kier molecular flexibility index (Phi) is 5.38. The van der Waals surface area contributed by atoms with E-state index in [2.05, 4.69) is 10.3 Å². The highest BCUT2D eigenvalue weighted by molar-refractivity contribution is 5.97. The van der Waals surface area contributed by atoms with E-state index in [0.29, 0.717) is 24.2 Å². The Morgan fingerprint density at radius 2 is 1.84 bits per heavy atom. The number of anilines is 2. The van der Waals surface area contributed by atoms with Gasteiger partial charge in [-0.1, -0.05) is 6.07 Å². The number of carbonyl (C=O) groups excluding carboxylic acids is 2. The van der Waals surface area contributed by atoms with Crippen molar-refractivity contribution in [3.63, 3.8) is 0 Å². The first-order valence-corrected chi connectivity index (χ1v) is 9.46. The Hall–Kier alpha value is -3.79. The quantitative estimate of drug-likeness (QED) is 0.574. The molecule has 2 heterocycles. The van der Waals surface area contributed by atoms with Crippen LogP contribution in [0.5, 0.6) is 0 Å². The van der Waals surface area contributed by atoms with Gasteiger partial charge in [0.25, 0.3) is 11.8 Å². The van der Waals surface area contributed by atoms with Gasteiger partial charge in [-0.05, 0) is 49.2 Å². The van der Waals surface area contributed by atoms with Crippen LogP contribution in [0, 0.1) is 11.6 Å². The number of rotatable bonds is 5. The highest BCUT2D eigenvalue weighted by Gasteiger charge is 2.28. The summed E-state index contributed by atoms with van der Waals surface area (Å²) in [6.07, 6.45) is 0.478. The number of hydrogen-bond acceptors (Lipinski definition) is 6. The van der Waals surface area contributed by atoms with E-state index in [-0.39, 0.29) is 17.5 Å². The Morgan fingerprint density at radius 1 is 1.16 bits per heavy atom. The number of nitrogens with zero attached hydrogens (tertiary/aromatic N) is 2. The SMILES string of the molecule is NC(=O)c1nc(-c2c(F)cccc2F)oc1Nc1ccc(C(=O)N2CCCC2O)cc1. The molecular formula is C21H18F2N4O4. The molecule has 0 spiro atoms. The molecule has 0 saturated carbocycles. The standard InChI is InChI=1S/C21H18F2N4O4/c22-13-3-1-4-14(23)16(13)19-26-17(18(24)29)20(31-19)25-12-8-6-11(7-9-12)21(30)27-10-2-5-15(27)28/h1,3-4,6-9,15,25,28H,2,5,10H2,(H2,24,29). The van der Waals surface area contributed by atoms with Gasteiger partial charge in [0.1, 0.15) is 23.4 Å². The molecule has 1 aromatic heterocycles. The van der Waals surface area contributed by atoms with Crippen LogP contribution in [-0.4, -0.2) is 39.6 Å². The van der Waals surface area contributed by atoms with E-state index in [9.17, 15) is 23.5 Å².